The minimum Gasteiger partial charge on any atom is -0.479 e. The summed E-state index contributed by atoms with van der Waals surface area (Å²) in [5, 5.41) is 23.9. The van der Waals surface area contributed by atoms with Gasteiger partial charge in [0.25, 0.3) is 6.04 Å². The van der Waals surface area contributed by atoms with Crippen molar-refractivity contribution in [1.29, 1.82) is 5.26 Å². The second-order valence-corrected chi connectivity index (χ2v) is 2.42. The molecule has 0 saturated heterocycles. The molecule has 1 atom stereocenters. The van der Waals surface area contributed by atoms with E-state index >= 15 is 0 Å². The van der Waals surface area contributed by atoms with Gasteiger partial charge in [-0.05, 0) is 12.1 Å². The van der Waals surface area contributed by atoms with E-state index in [-0.39, 0.29) is 0 Å². The van der Waals surface area contributed by atoms with E-state index < -0.39 is 12.0 Å². The predicted octanol–water partition coefficient (Wildman–Crippen LogP) is 1.75. The third kappa shape index (κ3) is 2.68. The number of hydrogen-bond donors (Lipinski definition) is 1. The maximum absolute atomic E-state index is 10.4. The van der Waals surface area contributed by atoms with E-state index in [0.29, 0.717) is 5.69 Å². The molecule has 0 aliphatic carbocycles. The van der Waals surface area contributed by atoms with Gasteiger partial charge in [-0.1, -0.05) is 18.2 Å². The molecule has 70 valence electrons. The lowest BCUT2D eigenvalue weighted by molar-refractivity contribution is -0.137. The van der Waals surface area contributed by atoms with Gasteiger partial charge in [0.15, 0.2) is 0 Å². The number of carbonyl (C=O) groups is 1. The van der Waals surface area contributed by atoms with Crippen LogP contribution in [0.25, 0.3) is 0 Å². The second-order valence-electron chi connectivity index (χ2n) is 2.42. The van der Waals surface area contributed by atoms with Crippen LogP contribution in [0.1, 0.15) is 0 Å². The lowest BCUT2D eigenvalue weighted by Gasteiger charge is -1.93. The van der Waals surface area contributed by atoms with Gasteiger partial charge in [-0.2, -0.15) is 15.5 Å². The van der Waals surface area contributed by atoms with Crippen LogP contribution < -0.4 is 0 Å². The van der Waals surface area contributed by atoms with Crippen LogP contribution in [0.2, 0.25) is 0 Å². The van der Waals surface area contributed by atoms with Gasteiger partial charge in [-0.15, -0.1) is 0 Å². The largest absolute Gasteiger partial charge is 0.479 e. The maximum atomic E-state index is 10.4. The summed E-state index contributed by atoms with van der Waals surface area (Å²) in [4.78, 5) is 10.4. The predicted molar refractivity (Wildman–Crippen MR) is 48.0 cm³/mol. The summed E-state index contributed by atoms with van der Waals surface area (Å²) >= 11 is 0. The Balaban J connectivity index is 2.74. The topological polar surface area (TPSA) is 85.8 Å². The van der Waals surface area contributed by atoms with E-state index in [4.69, 9.17) is 10.4 Å². The summed E-state index contributed by atoms with van der Waals surface area (Å²) in [6.45, 7) is 0. The quantitative estimate of drug-likeness (QED) is 0.735. The molecule has 5 heteroatoms. The van der Waals surface area contributed by atoms with Gasteiger partial charge in [0.2, 0.25) is 0 Å². The number of aliphatic carboxylic acids is 1. The summed E-state index contributed by atoms with van der Waals surface area (Å²) in [7, 11) is 0. The van der Waals surface area contributed by atoms with E-state index in [1.807, 2.05) is 0 Å². The third-order valence-corrected chi connectivity index (χ3v) is 1.40. The number of carboxylic acid groups (broad SMARTS) is 1. The molecule has 0 bridgehead atoms. The van der Waals surface area contributed by atoms with Gasteiger partial charge in [0.05, 0.1) is 5.69 Å². The van der Waals surface area contributed by atoms with Crippen molar-refractivity contribution in [3.8, 4) is 6.07 Å². The molecule has 0 amide bonds. The Hall–Kier alpha value is -2.22. The number of hydrogen-bond acceptors (Lipinski definition) is 4. The SMILES string of the molecule is N#CC(N=Nc1ccccc1)C(=O)O. The third-order valence-electron chi connectivity index (χ3n) is 1.40. The van der Waals surface area contributed by atoms with Crippen LogP contribution in [0.5, 0.6) is 0 Å². The zero-order valence-electron chi connectivity index (χ0n) is 7.16. The zero-order valence-corrected chi connectivity index (χ0v) is 7.16. The summed E-state index contributed by atoms with van der Waals surface area (Å²) < 4.78 is 0. The van der Waals surface area contributed by atoms with Gasteiger partial charge in [0, 0.05) is 0 Å². The van der Waals surface area contributed by atoms with Crippen molar-refractivity contribution in [3.05, 3.63) is 30.3 Å². The minimum absolute atomic E-state index is 0.522. The van der Waals surface area contributed by atoms with Gasteiger partial charge >= 0.3 is 5.97 Å². The number of benzene rings is 1. The first kappa shape index (κ1) is 9.86. The molecule has 5 nitrogen and oxygen atoms in total. The first-order valence-electron chi connectivity index (χ1n) is 3.82. The molecule has 0 aliphatic rings. The van der Waals surface area contributed by atoms with Crippen LogP contribution in [0, 0.1) is 11.3 Å². The zero-order chi connectivity index (χ0) is 10.4. The smallest absolute Gasteiger partial charge is 0.345 e. The standard InChI is InChI=1S/C9H7N3O2/c10-6-8(9(13)14)12-11-7-4-2-1-3-5-7/h1-5,8H,(H,13,14). The van der Waals surface area contributed by atoms with Gasteiger partial charge in [0.1, 0.15) is 6.07 Å². The fourth-order valence-corrected chi connectivity index (χ4v) is 0.749. The highest BCUT2D eigenvalue weighted by molar-refractivity contribution is 5.76. The Morgan fingerprint density at radius 1 is 1.43 bits per heavy atom. The Morgan fingerprint density at radius 2 is 2.07 bits per heavy atom. The highest BCUT2D eigenvalue weighted by Crippen LogP contribution is 2.10. The van der Waals surface area contributed by atoms with Crippen molar-refractivity contribution in [2.24, 2.45) is 10.2 Å². The van der Waals surface area contributed by atoms with Crippen molar-refractivity contribution in [2.45, 2.75) is 6.04 Å². The van der Waals surface area contributed by atoms with Gasteiger partial charge < -0.3 is 5.11 Å². The summed E-state index contributed by atoms with van der Waals surface area (Å²) in [6, 6.07) is 8.71. The van der Waals surface area contributed by atoms with E-state index in [1.165, 1.54) is 6.07 Å². The van der Waals surface area contributed by atoms with Crippen molar-refractivity contribution in [3.63, 3.8) is 0 Å². The average Bonchev–Trinajstić information content (AvgIpc) is 2.20. The van der Waals surface area contributed by atoms with Gasteiger partial charge in [-0.25, -0.2) is 4.79 Å². The molecule has 0 aromatic heterocycles. The lowest BCUT2D eigenvalue weighted by atomic mass is 10.3. The van der Waals surface area contributed by atoms with Crippen molar-refractivity contribution in [1.82, 2.24) is 0 Å². The number of carboxylic acids is 1. The van der Waals surface area contributed by atoms with Crippen LogP contribution in [0.15, 0.2) is 40.6 Å². The Morgan fingerprint density at radius 3 is 2.57 bits per heavy atom. The fraction of sp³-hybridized carbons (Fsp3) is 0.111. The highest BCUT2D eigenvalue weighted by atomic mass is 16.4. The van der Waals surface area contributed by atoms with E-state index in [9.17, 15) is 4.79 Å². The molecular weight excluding hydrogens is 182 g/mol. The fourth-order valence-electron chi connectivity index (χ4n) is 0.749. The summed E-state index contributed by atoms with van der Waals surface area (Å²) in [5.41, 5.74) is 0.522. The number of nitriles is 1. The van der Waals surface area contributed by atoms with E-state index in [0.717, 1.165) is 0 Å². The summed E-state index contributed by atoms with van der Waals surface area (Å²) in [6.07, 6.45) is 0. The highest BCUT2D eigenvalue weighted by Gasteiger charge is 2.14. The Labute approximate surface area is 80.3 Å². The van der Waals surface area contributed by atoms with Crippen LogP contribution >= 0.6 is 0 Å². The first-order chi connectivity index (χ1) is 6.74. The number of nitrogens with zero attached hydrogens (tertiary/aromatic N) is 3. The Bertz CT molecular complexity index is 381. The van der Waals surface area contributed by atoms with Gasteiger partial charge in [-0.3, -0.25) is 0 Å². The first-order valence-corrected chi connectivity index (χ1v) is 3.82. The molecule has 1 aromatic carbocycles. The van der Waals surface area contributed by atoms with Crippen LogP contribution in [-0.2, 0) is 4.79 Å². The second kappa shape index (κ2) is 4.72. The van der Waals surface area contributed by atoms with E-state index in [2.05, 4.69) is 10.2 Å². The van der Waals surface area contributed by atoms with Crippen molar-refractivity contribution in [2.75, 3.05) is 0 Å². The molecule has 14 heavy (non-hydrogen) atoms. The monoisotopic (exact) mass is 189 g/mol. The molecular formula is C9H7N3O2. The minimum atomic E-state index is -1.43. The molecule has 1 N–H and O–H groups in total. The molecule has 0 aliphatic heterocycles. The normalized spacial score (nSPS) is 12.2. The number of azo groups is 1. The average molecular weight is 189 g/mol. The van der Waals surface area contributed by atoms with Crippen LogP contribution in [0.4, 0.5) is 5.69 Å². The van der Waals surface area contributed by atoms with E-state index in [1.54, 1.807) is 30.3 Å². The molecule has 0 fully saturated rings. The van der Waals surface area contributed by atoms with Crippen LogP contribution in [-0.4, -0.2) is 17.1 Å². The molecule has 0 saturated carbocycles. The lowest BCUT2D eigenvalue weighted by Crippen LogP contribution is -2.14. The van der Waals surface area contributed by atoms with Crippen molar-refractivity contribution >= 4 is 11.7 Å². The molecule has 1 rings (SSSR count). The van der Waals surface area contributed by atoms with Crippen molar-refractivity contribution < 1.29 is 9.90 Å². The molecule has 1 unspecified atom stereocenters. The summed E-state index contributed by atoms with van der Waals surface area (Å²) in [5.74, 6) is -1.30. The molecule has 0 radical (unpaired) electrons. The Kier molecular flexibility index (Phi) is 3.33. The molecule has 0 spiro atoms. The maximum Gasteiger partial charge on any atom is 0.345 e. The molecule has 1 aromatic rings. The molecule has 0 heterocycles. The van der Waals surface area contributed by atoms with Crippen LogP contribution in [0.3, 0.4) is 0 Å². The number of rotatable bonds is 3.